The van der Waals surface area contributed by atoms with Gasteiger partial charge < -0.3 is 25.8 Å². The van der Waals surface area contributed by atoms with E-state index in [9.17, 15) is 9.59 Å². The Hall–Kier alpha value is -2.16. The van der Waals surface area contributed by atoms with Crippen LogP contribution in [0.1, 0.15) is 48.0 Å². The van der Waals surface area contributed by atoms with Crippen LogP contribution in [-0.2, 0) is 4.79 Å². The zero-order chi connectivity index (χ0) is 26.9. The Balaban J connectivity index is 1.43. The molecule has 0 radical (unpaired) electrons. The van der Waals surface area contributed by atoms with Gasteiger partial charge in [0, 0.05) is 69.9 Å². The minimum absolute atomic E-state index is 0.0134. The van der Waals surface area contributed by atoms with Gasteiger partial charge in [0.2, 0.25) is 5.91 Å². The van der Waals surface area contributed by atoms with Crippen molar-refractivity contribution in [2.24, 2.45) is 0 Å². The first-order valence-electron chi connectivity index (χ1n) is 13.7. The minimum atomic E-state index is -0.285. The predicted octanol–water partition coefficient (Wildman–Crippen LogP) is 3.77. The molecule has 0 unspecified atom stereocenters. The Labute approximate surface area is 236 Å². The van der Waals surface area contributed by atoms with Crippen LogP contribution in [0.5, 0.6) is 0 Å². The fourth-order valence-corrected chi connectivity index (χ4v) is 5.59. The number of halogens is 2. The molecule has 2 aromatic carbocycles. The summed E-state index contributed by atoms with van der Waals surface area (Å²) < 4.78 is 0. The van der Waals surface area contributed by atoms with E-state index in [0.29, 0.717) is 41.2 Å². The van der Waals surface area contributed by atoms with Gasteiger partial charge in [-0.05, 0) is 43.0 Å². The van der Waals surface area contributed by atoms with Gasteiger partial charge in [-0.1, -0.05) is 60.5 Å². The van der Waals surface area contributed by atoms with Crippen molar-refractivity contribution in [1.29, 1.82) is 0 Å². The summed E-state index contributed by atoms with van der Waals surface area (Å²) in [6.45, 7) is 8.81. The Morgan fingerprint density at radius 3 is 2.55 bits per heavy atom. The molecule has 206 valence electrons. The SMILES string of the molecule is CC[C@H](CN1CC[C@@H](CNC(=O)c2ccc(Cl)c(Cl)c2)N[C@@H](CCN2CCNCC2)C1=O)c1ccccc1. The van der Waals surface area contributed by atoms with E-state index >= 15 is 0 Å². The maximum atomic E-state index is 13.8. The van der Waals surface area contributed by atoms with Gasteiger partial charge in [-0.3, -0.25) is 9.59 Å². The number of hydrogen-bond donors (Lipinski definition) is 3. The molecule has 38 heavy (non-hydrogen) atoms. The summed E-state index contributed by atoms with van der Waals surface area (Å²) in [5.74, 6) is 0.248. The standard InChI is InChI=1S/C29H39Cl2N5O2/c1-2-21(22-6-4-3-5-7-22)20-36-15-10-24(19-33-28(37)23-8-9-25(30)26(31)18-23)34-27(29(36)38)11-14-35-16-12-32-13-17-35/h3-9,18,21,24,27,32,34H,2,10-17,19-20H2,1H3,(H,33,37)/t21-,24+,27+/m1/s1. The second-order valence-electron chi connectivity index (χ2n) is 10.2. The van der Waals surface area contributed by atoms with Crippen molar-refractivity contribution in [2.45, 2.75) is 44.2 Å². The molecule has 2 aromatic rings. The highest BCUT2D eigenvalue weighted by atomic mass is 35.5. The first kappa shape index (κ1) is 28.8. The topological polar surface area (TPSA) is 76.7 Å². The highest BCUT2D eigenvalue weighted by Gasteiger charge is 2.32. The average Bonchev–Trinajstić information content (AvgIpc) is 3.09. The number of rotatable bonds is 10. The van der Waals surface area contributed by atoms with Crippen LogP contribution in [0.2, 0.25) is 10.0 Å². The molecule has 4 rings (SSSR count). The molecule has 2 heterocycles. The summed E-state index contributed by atoms with van der Waals surface area (Å²) in [7, 11) is 0. The Morgan fingerprint density at radius 2 is 1.84 bits per heavy atom. The highest BCUT2D eigenvalue weighted by Crippen LogP contribution is 2.24. The lowest BCUT2D eigenvalue weighted by molar-refractivity contribution is -0.133. The zero-order valence-electron chi connectivity index (χ0n) is 22.1. The summed E-state index contributed by atoms with van der Waals surface area (Å²) in [5.41, 5.74) is 1.73. The van der Waals surface area contributed by atoms with Gasteiger partial charge in [0.15, 0.2) is 0 Å². The lowest BCUT2D eigenvalue weighted by Gasteiger charge is -2.31. The molecule has 0 spiro atoms. The quantitative estimate of drug-likeness (QED) is 0.413. The smallest absolute Gasteiger partial charge is 0.251 e. The molecular formula is C29H39Cl2N5O2. The first-order valence-corrected chi connectivity index (χ1v) is 14.5. The largest absolute Gasteiger partial charge is 0.350 e. The van der Waals surface area contributed by atoms with Crippen molar-refractivity contribution in [3.05, 3.63) is 69.7 Å². The van der Waals surface area contributed by atoms with E-state index in [2.05, 4.69) is 52.0 Å². The molecule has 2 aliphatic rings. The summed E-state index contributed by atoms with van der Waals surface area (Å²) in [6.07, 6.45) is 2.48. The zero-order valence-corrected chi connectivity index (χ0v) is 23.6. The third-order valence-corrected chi connectivity index (χ3v) is 8.37. The van der Waals surface area contributed by atoms with Gasteiger partial charge in [-0.2, -0.15) is 0 Å². The number of benzene rings is 2. The van der Waals surface area contributed by atoms with Gasteiger partial charge in [0.05, 0.1) is 16.1 Å². The molecule has 0 bridgehead atoms. The third kappa shape index (κ3) is 7.93. The molecule has 2 fully saturated rings. The van der Waals surface area contributed by atoms with Crippen LogP contribution in [0.3, 0.4) is 0 Å². The molecule has 3 N–H and O–H groups in total. The molecule has 0 saturated carbocycles. The lowest BCUT2D eigenvalue weighted by atomic mass is 9.95. The summed E-state index contributed by atoms with van der Waals surface area (Å²) in [5, 5.41) is 10.8. The van der Waals surface area contributed by atoms with Crippen LogP contribution in [0, 0.1) is 0 Å². The number of carbonyl (C=O) groups excluding carboxylic acids is 2. The lowest BCUT2D eigenvalue weighted by Crippen LogP contribution is -2.51. The van der Waals surface area contributed by atoms with E-state index in [0.717, 1.165) is 52.0 Å². The number of hydrogen-bond acceptors (Lipinski definition) is 5. The minimum Gasteiger partial charge on any atom is -0.350 e. The molecule has 0 aliphatic carbocycles. The maximum Gasteiger partial charge on any atom is 0.251 e. The van der Waals surface area contributed by atoms with Gasteiger partial charge in [0.25, 0.3) is 5.91 Å². The summed E-state index contributed by atoms with van der Waals surface area (Å²) >= 11 is 12.1. The number of carbonyl (C=O) groups is 2. The van der Waals surface area contributed by atoms with Crippen LogP contribution in [0.15, 0.2) is 48.5 Å². The van der Waals surface area contributed by atoms with Crippen molar-refractivity contribution in [1.82, 2.24) is 25.8 Å². The predicted molar refractivity (Wildman–Crippen MR) is 154 cm³/mol. The molecule has 7 nitrogen and oxygen atoms in total. The number of nitrogens with one attached hydrogen (secondary N) is 3. The molecule has 9 heteroatoms. The van der Waals surface area contributed by atoms with Crippen molar-refractivity contribution >= 4 is 35.0 Å². The van der Waals surface area contributed by atoms with E-state index in [4.69, 9.17) is 23.2 Å². The monoisotopic (exact) mass is 559 g/mol. The fourth-order valence-electron chi connectivity index (χ4n) is 5.29. The molecule has 2 aliphatic heterocycles. The number of nitrogens with zero attached hydrogens (tertiary/aromatic N) is 2. The van der Waals surface area contributed by atoms with E-state index in [-0.39, 0.29) is 23.9 Å². The van der Waals surface area contributed by atoms with E-state index in [1.54, 1.807) is 18.2 Å². The number of amides is 2. The van der Waals surface area contributed by atoms with E-state index < -0.39 is 0 Å². The van der Waals surface area contributed by atoms with Crippen LogP contribution in [-0.4, -0.2) is 86.1 Å². The van der Waals surface area contributed by atoms with Crippen molar-refractivity contribution < 1.29 is 9.59 Å². The maximum absolute atomic E-state index is 13.8. The fraction of sp³-hybridized carbons (Fsp3) is 0.517. The third-order valence-electron chi connectivity index (χ3n) is 7.63. The van der Waals surface area contributed by atoms with Crippen molar-refractivity contribution in [2.75, 3.05) is 52.4 Å². The highest BCUT2D eigenvalue weighted by molar-refractivity contribution is 6.42. The average molecular weight is 561 g/mol. The van der Waals surface area contributed by atoms with Crippen LogP contribution >= 0.6 is 23.2 Å². The Kier molecular flexibility index (Phi) is 10.8. The summed E-state index contributed by atoms with van der Waals surface area (Å²) in [6, 6.07) is 15.0. The molecule has 2 saturated heterocycles. The van der Waals surface area contributed by atoms with Crippen LogP contribution in [0.25, 0.3) is 0 Å². The van der Waals surface area contributed by atoms with Gasteiger partial charge in [0.1, 0.15) is 0 Å². The molecule has 3 atom stereocenters. The van der Waals surface area contributed by atoms with Gasteiger partial charge in [-0.25, -0.2) is 0 Å². The second-order valence-corrected chi connectivity index (χ2v) is 11.0. The Morgan fingerprint density at radius 1 is 1.08 bits per heavy atom. The van der Waals surface area contributed by atoms with E-state index in [1.807, 2.05) is 11.0 Å². The molecule has 2 amide bonds. The second kappa shape index (κ2) is 14.3. The van der Waals surface area contributed by atoms with Gasteiger partial charge >= 0.3 is 0 Å². The van der Waals surface area contributed by atoms with Crippen LogP contribution in [0.4, 0.5) is 0 Å². The summed E-state index contributed by atoms with van der Waals surface area (Å²) in [4.78, 5) is 31.0. The number of piperazine rings is 1. The van der Waals surface area contributed by atoms with Gasteiger partial charge in [-0.15, -0.1) is 0 Å². The van der Waals surface area contributed by atoms with Crippen molar-refractivity contribution in [3.8, 4) is 0 Å². The first-order chi connectivity index (χ1) is 18.4. The van der Waals surface area contributed by atoms with E-state index in [1.165, 1.54) is 5.56 Å². The molecular weight excluding hydrogens is 521 g/mol. The Bertz CT molecular complexity index is 1060. The normalized spacial score (nSPS) is 21.7. The molecule has 0 aromatic heterocycles. The van der Waals surface area contributed by atoms with Crippen LogP contribution < -0.4 is 16.0 Å². The van der Waals surface area contributed by atoms with Crippen molar-refractivity contribution in [3.63, 3.8) is 0 Å².